The molecular formula is C28H34N4O7. The summed E-state index contributed by atoms with van der Waals surface area (Å²) in [7, 11) is 5.17. The van der Waals surface area contributed by atoms with Crippen LogP contribution in [0.3, 0.4) is 0 Å². The Balaban J connectivity index is 1.56. The predicted octanol–water partition coefficient (Wildman–Crippen LogP) is 0.271. The van der Waals surface area contributed by atoms with Crippen molar-refractivity contribution in [1.29, 1.82) is 0 Å². The zero-order chi connectivity index (χ0) is 28.4. The van der Waals surface area contributed by atoms with Gasteiger partial charge in [0.25, 0.3) is 5.91 Å². The van der Waals surface area contributed by atoms with E-state index in [9.17, 15) is 34.8 Å². The van der Waals surface area contributed by atoms with E-state index < -0.39 is 58.0 Å². The van der Waals surface area contributed by atoms with E-state index in [4.69, 9.17) is 5.73 Å². The highest BCUT2D eigenvalue weighted by Crippen LogP contribution is 2.52. The molecule has 5 rings (SSSR count). The molecule has 1 fully saturated rings. The van der Waals surface area contributed by atoms with Gasteiger partial charge in [0, 0.05) is 37.7 Å². The first-order chi connectivity index (χ1) is 18.4. The van der Waals surface area contributed by atoms with Gasteiger partial charge in [0.05, 0.1) is 11.6 Å². The van der Waals surface area contributed by atoms with Crippen molar-refractivity contribution >= 4 is 23.2 Å². The van der Waals surface area contributed by atoms with Gasteiger partial charge in [-0.1, -0.05) is 12.1 Å². The van der Waals surface area contributed by atoms with E-state index in [2.05, 4.69) is 16.3 Å². The highest BCUT2D eigenvalue weighted by Gasteiger charge is 2.64. The average molecular weight is 539 g/mol. The van der Waals surface area contributed by atoms with Crippen LogP contribution in [0.5, 0.6) is 5.75 Å². The van der Waals surface area contributed by atoms with Crippen molar-refractivity contribution in [3.63, 3.8) is 0 Å². The van der Waals surface area contributed by atoms with Crippen LogP contribution in [0.25, 0.3) is 5.76 Å². The molecule has 0 aromatic heterocycles. The van der Waals surface area contributed by atoms with Gasteiger partial charge in [-0.2, -0.15) is 0 Å². The number of carbonyl (C=O) groups is 3. The summed E-state index contributed by atoms with van der Waals surface area (Å²) in [6, 6.07) is 2.44. The molecule has 39 heavy (non-hydrogen) atoms. The first kappa shape index (κ1) is 26.9. The molecule has 5 atom stereocenters. The first-order valence-electron chi connectivity index (χ1n) is 13.0. The molecule has 0 spiro atoms. The third-order valence-corrected chi connectivity index (χ3v) is 8.72. The van der Waals surface area contributed by atoms with E-state index in [1.165, 1.54) is 11.0 Å². The lowest BCUT2D eigenvalue weighted by Gasteiger charge is -2.50. The molecule has 7 N–H and O–H groups in total. The minimum atomic E-state index is -2.64. The van der Waals surface area contributed by atoms with Crippen LogP contribution in [0, 0.1) is 11.8 Å². The lowest BCUT2D eigenvalue weighted by molar-refractivity contribution is -0.153. The number of nitrogens with one attached hydrogen (secondary N) is 1. The fraction of sp³-hybridized carbons (Fsp3) is 0.464. The van der Waals surface area contributed by atoms with Crippen LogP contribution in [0.4, 0.5) is 0 Å². The SMILES string of the molecule is CN(C)C1C(=O)C(C(N)=O)=C(O)[C@@]2(O)C(=O)C3=C(O)c4c(O)ccc(CNCC5CC=CN5C)c4C[C@H]3C[C@@H]12. The summed E-state index contributed by atoms with van der Waals surface area (Å²) in [5.41, 5.74) is 3.36. The molecule has 0 bridgehead atoms. The summed E-state index contributed by atoms with van der Waals surface area (Å²) in [5, 5.41) is 48.1. The van der Waals surface area contributed by atoms with E-state index in [0.717, 1.165) is 18.5 Å². The van der Waals surface area contributed by atoms with Gasteiger partial charge in [-0.15, -0.1) is 0 Å². The summed E-state index contributed by atoms with van der Waals surface area (Å²) in [4.78, 5) is 42.8. The molecule has 4 aliphatic rings. The van der Waals surface area contributed by atoms with Crippen molar-refractivity contribution in [3.05, 3.63) is 58.0 Å². The van der Waals surface area contributed by atoms with E-state index in [1.807, 2.05) is 13.2 Å². The Bertz CT molecular complexity index is 1360. The monoisotopic (exact) mass is 538 g/mol. The van der Waals surface area contributed by atoms with Crippen molar-refractivity contribution in [3.8, 4) is 5.75 Å². The summed E-state index contributed by atoms with van der Waals surface area (Å²) >= 11 is 0. The first-order valence-corrected chi connectivity index (χ1v) is 13.0. The second-order valence-corrected chi connectivity index (χ2v) is 11.1. The van der Waals surface area contributed by atoms with Gasteiger partial charge < -0.3 is 36.4 Å². The summed E-state index contributed by atoms with van der Waals surface area (Å²) in [6.07, 6.45) is 5.41. The average Bonchev–Trinajstić information content (AvgIpc) is 3.26. The van der Waals surface area contributed by atoms with E-state index >= 15 is 0 Å². The second-order valence-electron chi connectivity index (χ2n) is 11.1. The number of benzene rings is 1. The number of nitrogens with two attached hydrogens (primary N) is 1. The summed E-state index contributed by atoms with van der Waals surface area (Å²) in [5.74, 6) is -6.53. The Labute approximate surface area is 225 Å². The molecule has 1 aliphatic heterocycles. The molecule has 1 heterocycles. The van der Waals surface area contributed by atoms with Crippen LogP contribution in [0.1, 0.15) is 29.5 Å². The maximum atomic E-state index is 13.9. The number of phenolic OH excluding ortho intramolecular Hbond substituents is 1. The molecule has 3 aliphatic carbocycles. The smallest absolute Gasteiger partial charge is 0.255 e. The lowest BCUT2D eigenvalue weighted by atomic mass is 9.57. The van der Waals surface area contributed by atoms with Crippen LogP contribution in [0.15, 0.2) is 41.3 Å². The van der Waals surface area contributed by atoms with Gasteiger partial charge in [-0.05, 0) is 62.7 Å². The van der Waals surface area contributed by atoms with Crippen molar-refractivity contribution in [1.82, 2.24) is 15.1 Å². The number of ketones is 2. The number of hydrogen-bond donors (Lipinski definition) is 6. The minimum Gasteiger partial charge on any atom is -0.508 e. The number of Topliss-reactive ketones (excluding diaryl/α,β-unsaturated/α-hetero) is 2. The van der Waals surface area contributed by atoms with Crippen LogP contribution >= 0.6 is 0 Å². The van der Waals surface area contributed by atoms with E-state index in [0.29, 0.717) is 18.2 Å². The zero-order valence-electron chi connectivity index (χ0n) is 22.1. The highest BCUT2D eigenvalue weighted by molar-refractivity contribution is 6.24. The topological polar surface area (TPSA) is 177 Å². The van der Waals surface area contributed by atoms with Crippen LogP contribution < -0.4 is 11.1 Å². The maximum absolute atomic E-state index is 13.9. The van der Waals surface area contributed by atoms with Crippen molar-refractivity contribution in [2.75, 3.05) is 27.7 Å². The number of aliphatic hydroxyl groups excluding tert-OH is 2. The van der Waals surface area contributed by atoms with Crippen LogP contribution in [-0.4, -0.2) is 93.1 Å². The molecule has 0 saturated heterocycles. The lowest BCUT2D eigenvalue weighted by Crippen LogP contribution is -2.65. The number of nitrogens with zero attached hydrogens (tertiary/aromatic N) is 2. The van der Waals surface area contributed by atoms with Gasteiger partial charge in [-0.25, -0.2) is 0 Å². The maximum Gasteiger partial charge on any atom is 0.255 e. The number of carbonyl (C=O) groups excluding carboxylic acids is 3. The molecule has 0 radical (unpaired) electrons. The van der Waals surface area contributed by atoms with Crippen LogP contribution in [-0.2, 0) is 27.3 Å². The molecule has 11 heteroatoms. The minimum absolute atomic E-state index is 0.0623. The molecule has 1 aromatic carbocycles. The number of phenols is 1. The number of likely N-dealkylation sites (N-methyl/N-ethyl adjacent to an activating group) is 2. The van der Waals surface area contributed by atoms with Gasteiger partial charge in [-0.3, -0.25) is 19.3 Å². The third-order valence-electron chi connectivity index (χ3n) is 8.72. The van der Waals surface area contributed by atoms with Crippen molar-refractivity contribution in [2.45, 2.75) is 43.5 Å². The number of aromatic hydroxyl groups is 1. The standard InChI is InChI=1S/C28H34N4O7/c1-31(2)22-17-10-14-9-16-13(11-30-12-15-5-4-8-32(15)3)6-7-18(33)20(16)23(34)19(14)25(36)28(17,39)26(37)21(24(22)35)27(29)38/h4,6-8,14-15,17,22,30,33-34,37,39H,5,9-12H2,1-3H3,(H2,29,38)/t14-,15?,17-,22?,28-/m0/s1. The number of fused-ring (bicyclic) bond motifs is 3. The zero-order valence-corrected chi connectivity index (χ0v) is 22.1. The molecule has 11 nitrogen and oxygen atoms in total. The largest absolute Gasteiger partial charge is 0.508 e. The molecule has 1 aromatic rings. The van der Waals surface area contributed by atoms with E-state index in [1.54, 1.807) is 20.2 Å². The fourth-order valence-electron chi connectivity index (χ4n) is 6.75. The van der Waals surface area contributed by atoms with Gasteiger partial charge in [0.2, 0.25) is 5.78 Å². The Morgan fingerprint density at radius 1 is 1.23 bits per heavy atom. The summed E-state index contributed by atoms with van der Waals surface area (Å²) in [6.45, 7) is 1.19. The molecule has 1 amide bonds. The fourth-order valence-corrected chi connectivity index (χ4v) is 6.75. The van der Waals surface area contributed by atoms with Crippen molar-refractivity contribution < 1.29 is 34.8 Å². The molecule has 2 unspecified atom stereocenters. The number of amides is 1. The summed E-state index contributed by atoms with van der Waals surface area (Å²) < 4.78 is 0. The van der Waals surface area contributed by atoms with Crippen molar-refractivity contribution in [2.24, 2.45) is 17.6 Å². The predicted molar refractivity (Wildman–Crippen MR) is 141 cm³/mol. The molecular weight excluding hydrogens is 504 g/mol. The number of hydrogen-bond acceptors (Lipinski definition) is 10. The van der Waals surface area contributed by atoms with Crippen LogP contribution in [0.2, 0.25) is 0 Å². The van der Waals surface area contributed by atoms with Gasteiger partial charge in [0.1, 0.15) is 22.8 Å². The highest BCUT2D eigenvalue weighted by atomic mass is 16.3. The molecule has 1 saturated carbocycles. The normalized spacial score (nSPS) is 30.1. The van der Waals surface area contributed by atoms with Gasteiger partial charge in [0.15, 0.2) is 11.4 Å². The Morgan fingerprint density at radius 2 is 1.95 bits per heavy atom. The number of aliphatic hydroxyl groups is 3. The van der Waals surface area contributed by atoms with E-state index in [-0.39, 0.29) is 29.7 Å². The Hall–Kier alpha value is -3.67. The second kappa shape index (κ2) is 9.51. The third kappa shape index (κ3) is 3.95. The molecule has 208 valence electrons. The number of primary amides is 1. The Morgan fingerprint density at radius 3 is 2.56 bits per heavy atom. The quantitative estimate of drug-likeness (QED) is 0.276. The number of rotatable bonds is 6. The van der Waals surface area contributed by atoms with Gasteiger partial charge >= 0.3 is 0 Å². The Kier molecular flexibility index (Phi) is 6.56.